The van der Waals surface area contributed by atoms with Crippen LogP contribution in [0.1, 0.15) is 54.8 Å². The van der Waals surface area contributed by atoms with Crippen LogP contribution in [-0.2, 0) is 10.8 Å². The lowest BCUT2D eigenvalue weighted by atomic mass is 9.69. The Morgan fingerprint density at radius 2 is 1.25 bits per heavy atom. The summed E-state index contributed by atoms with van der Waals surface area (Å²) < 4.78 is 14.4. The van der Waals surface area contributed by atoms with E-state index >= 15 is 0 Å². The number of benzene rings is 3. The second kappa shape index (κ2) is 8.02. The summed E-state index contributed by atoms with van der Waals surface area (Å²) >= 11 is 0. The molecule has 4 aromatic rings. The van der Waals surface area contributed by atoms with Crippen LogP contribution in [0.5, 0.6) is 0 Å². The smallest absolute Gasteiger partial charge is 0.101 e. The molecule has 1 nitrogen and oxygen atoms in total. The molecular weight excluding hydrogens is 393 g/mol. The highest BCUT2D eigenvalue weighted by atomic mass is 19.1. The Morgan fingerprint density at radius 1 is 0.688 bits per heavy atom. The van der Waals surface area contributed by atoms with E-state index in [1.807, 2.05) is 6.07 Å². The van der Waals surface area contributed by atoms with Crippen molar-refractivity contribution >= 4 is 0 Å². The molecule has 0 saturated heterocycles. The Kier molecular flexibility index (Phi) is 5.17. The van der Waals surface area contributed by atoms with Gasteiger partial charge in [0.05, 0.1) is 11.1 Å². The van der Waals surface area contributed by atoms with Crippen molar-refractivity contribution < 1.29 is 4.39 Å². The van der Waals surface area contributed by atoms with Gasteiger partial charge in [0, 0.05) is 11.1 Å². The lowest BCUT2D eigenvalue weighted by Gasteiger charge is -2.35. The quantitative estimate of drug-likeness (QED) is 0.277. The van der Waals surface area contributed by atoms with E-state index in [4.69, 9.17) is 4.98 Å². The Balaban J connectivity index is 1.88. The summed E-state index contributed by atoms with van der Waals surface area (Å²) in [4.78, 5) is 5.25. The van der Waals surface area contributed by atoms with Crippen molar-refractivity contribution in [3.05, 3.63) is 125 Å². The molecular formula is C30H28FN. The minimum Gasteiger partial charge on any atom is -0.256 e. The van der Waals surface area contributed by atoms with Crippen LogP contribution in [0.25, 0.3) is 11.1 Å². The van der Waals surface area contributed by atoms with Gasteiger partial charge in [-0.3, -0.25) is 9.37 Å². The van der Waals surface area contributed by atoms with Crippen molar-refractivity contribution in [2.24, 2.45) is 0 Å². The third kappa shape index (κ3) is 2.79. The average molecular weight is 422 g/mol. The van der Waals surface area contributed by atoms with E-state index in [1.165, 1.54) is 27.8 Å². The molecule has 160 valence electrons. The molecule has 32 heavy (non-hydrogen) atoms. The zero-order valence-corrected chi connectivity index (χ0v) is 18.7. The topological polar surface area (TPSA) is 12.9 Å². The minimum absolute atomic E-state index is 0.401. The van der Waals surface area contributed by atoms with Gasteiger partial charge >= 0.3 is 0 Å². The van der Waals surface area contributed by atoms with Crippen molar-refractivity contribution in [1.82, 2.24) is 4.98 Å². The Hall–Kier alpha value is -3.26. The van der Waals surface area contributed by atoms with Crippen LogP contribution in [0.4, 0.5) is 4.39 Å². The van der Waals surface area contributed by atoms with Crippen LogP contribution in [0.3, 0.4) is 0 Å². The number of hydrogen-bond donors (Lipinski definition) is 0. The van der Waals surface area contributed by atoms with Gasteiger partial charge in [-0.25, -0.2) is 0 Å². The molecule has 0 amide bonds. The number of fused-ring (bicyclic) bond motifs is 3. The lowest BCUT2D eigenvalue weighted by Crippen LogP contribution is -2.33. The maximum absolute atomic E-state index is 14.4. The van der Waals surface area contributed by atoms with E-state index in [2.05, 4.69) is 105 Å². The summed E-state index contributed by atoms with van der Waals surface area (Å²) in [6.07, 6.45) is 1.45. The second-order valence-corrected chi connectivity index (χ2v) is 8.74. The molecule has 1 aromatic heterocycles. The molecule has 0 aliphatic heterocycles. The van der Waals surface area contributed by atoms with E-state index in [1.54, 1.807) is 0 Å². The monoisotopic (exact) mass is 421 g/mol. The maximum Gasteiger partial charge on any atom is 0.101 e. The Labute approximate surface area is 190 Å². The molecule has 0 radical (unpaired) electrons. The highest BCUT2D eigenvalue weighted by Gasteiger charge is 2.47. The number of pyridine rings is 1. The normalized spacial score (nSPS) is 14.1. The number of aromatic nitrogens is 1. The van der Waals surface area contributed by atoms with Gasteiger partial charge < -0.3 is 0 Å². The molecule has 0 fully saturated rings. The van der Waals surface area contributed by atoms with E-state index in [0.29, 0.717) is 0 Å². The van der Waals surface area contributed by atoms with Gasteiger partial charge in [0.2, 0.25) is 0 Å². The zero-order valence-electron chi connectivity index (χ0n) is 18.7. The first-order valence-electron chi connectivity index (χ1n) is 11.5. The molecule has 0 spiro atoms. The van der Waals surface area contributed by atoms with Gasteiger partial charge in [0.1, 0.15) is 6.67 Å². The molecule has 0 unspecified atom stereocenters. The van der Waals surface area contributed by atoms with Crippen LogP contribution in [-0.4, -0.2) is 11.7 Å². The molecule has 5 rings (SSSR count). The fourth-order valence-corrected chi connectivity index (χ4v) is 5.47. The average Bonchev–Trinajstić information content (AvgIpc) is 3.18. The highest BCUT2D eigenvalue weighted by Crippen LogP contribution is 2.55. The van der Waals surface area contributed by atoms with Gasteiger partial charge in [-0.15, -0.1) is 0 Å². The molecule has 3 aromatic carbocycles. The zero-order chi connectivity index (χ0) is 22.2. The van der Waals surface area contributed by atoms with Crippen molar-refractivity contribution in [2.45, 2.75) is 37.5 Å². The van der Waals surface area contributed by atoms with Crippen LogP contribution in [0, 0.1) is 0 Å². The summed E-state index contributed by atoms with van der Waals surface area (Å²) in [7, 11) is 0. The second-order valence-electron chi connectivity index (χ2n) is 8.74. The lowest BCUT2D eigenvalue weighted by molar-refractivity contribution is 0.278. The van der Waals surface area contributed by atoms with Crippen molar-refractivity contribution in [2.75, 3.05) is 6.67 Å². The number of alkyl halides is 1. The van der Waals surface area contributed by atoms with E-state index in [-0.39, 0.29) is 0 Å². The van der Waals surface area contributed by atoms with E-state index in [9.17, 15) is 4.39 Å². The summed E-state index contributed by atoms with van der Waals surface area (Å²) in [5, 5.41) is 0. The molecule has 0 atom stereocenters. The number of rotatable bonds is 6. The summed E-state index contributed by atoms with van der Waals surface area (Å²) in [6, 6.07) is 34.0. The van der Waals surface area contributed by atoms with E-state index < -0.39 is 17.5 Å². The molecule has 0 N–H and O–H groups in total. The fraction of sp³-hybridized carbons (Fsp3) is 0.233. The first kappa shape index (κ1) is 20.6. The SMILES string of the molecule is CCC(CC)(CF)c1cccc(C2(c3ccccc3)c3ccccc3-c3ccccc32)n1. The van der Waals surface area contributed by atoms with Gasteiger partial charge in [-0.05, 0) is 52.8 Å². The first-order valence-corrected chi connectivity index (χ1v) is 11.5. The van der Waals surface area contributed by atoms with Crippen molar-refractivity contribution in [3.63, 3.8) is 0 Å². The highest BCUT2D eigenvalue weighted by molar-refractivity contribution is 5.85. The Morgan fingerprint density at radius 3 is 1.81 bits per heavy atom. The van der Waals surface area contributed by atoms with Gasteiger partial charge in [0.25, 0.3) is 0 Å². The van der Waals surface area contributed by atoms with Gasteiger partial charge in [-0.2, -0.15) is 0 Å². The summed E-state index contributed by atoms with van der Waals surface area (Å²) in [5.74, 6) is 0. The molecule has 0 saturated carbocycles. The molecule has 1 aliphatic carbocycles. The summed E-state index contributed by atoms with van der Waals surface area (Å²) in [5.41, 5.74) is 6.84. The van der Waals surface area contributed by atoms with Crippen LogP contribution in [0.15, 0.2) is 97.1 Å². The molecule has 1 aliphatic rings. The standard InChI is InChI=1S/C30H28FN/c1-3-29(4-2,21-31)27-19-12-20-28(32-27)30(22-13-6-5-7-14-22)25-17-10-8-15-23(25)24-16-9-11-18-26(24)30/h5-20H,3-4,21H2,1-2H3. The first-order chi connectivity index (χ1) is 15.7. The third-order valence-corrected chi connectivity index (χ3v) is 7.45. The predicted molar refractivity (Wildman–Crippen MR) is 130 cm³/mol. The van der Waals surface area contributed by atoms with Crippen molar-refractivity contribution in [1.29, 1.82) is 0 Å². The fourth-order valence-electron chi connectivity index (χ4n) is 5.47. The van der Waals surface area contributed by atoms with E-state index in [0.717, 1.165) is 24.2 Å². The number of halogens is 1. The van der Waals surface area contributed by atoms with Crippen LogP contribution < -0.4 is 0 Å². The van der Waals surface area contributed by atoms with Crippen LogP contribution in [0.2, 0.25) is 0 Å². The summed E-state index contributed by atoms with van der Waals surface area (Å²) in [6.45, 7) is 3.72. The number of nitrogens with zero attached hydrogens (tertiary/aromatic N) is 1. The third-order valence-electron chi connectivity index (χ3n) is 7.45. The minimum atomic E-state index is -0.550. The molecule has 2 heteroatoms. The number of hydrogen-bond acceptors (Lipinski definition) is 1. The van der Waals surface area contributed by atoms with Crippen LogP contribution >= 0.6 is 0 Å². The largest absolute Gasteiger partial charge is 0.256 e. The predicted octanol–water partition coefficient (Wildman–Crippen LogP) is 7.47. The van der Waals surface area contributed by atoms with Gasteiger partial charge in [-0.1, -0.05) is 98.8 Å². The Bertz CT molecular complexity index is 1190. The van der Waals surface area contributed by atoms with Gasteiger partial charge in [0.15, 0.2) is 0 Å². The van der Waals surface area contributed by atoms with Crippen molar-refractivity contribution in [3.8, 4) is 11.1 Å². The molecule has 1 heterocycles. The maximum atomic E-state index is 14.4. The molecule has 0 bridgehead atoms.